The number of nitrogens with one attached hydrogen (secondary N) is 1. The Kier molecular flexibility index (Phi) is 4.72. The summed E-state index contributed by atoms with van der Waals surface area (Å²) >= 11 is 5.73. The van der Waals surface area contributed by atoms with E-state index in [-0.39, 0.29) is 16.3 Å². The van der Waals surface area contributed by atoms with Gasteiger partial charge in [-0.25, -0.2) is 5.43 Å². The van der Waals surface area contributed by atoms with Crippen LogP contribution in [0.25, 0.3) is 10.8 Å². The van der Waals surface area contributed by atoms with E-state index in [2.05, 4.69) is 10.5 Å². The fourth-order valence-corrected chi connectivity index (χ4v) is 2.57. The van der Waals surface area contributed by atoms with Gasteiger partial charge in [0.15, 0.2) is 0 Å². The SMILES string of the molecule is O=C(N/N=C/c1cccc2ccccc12)c1ccc(Cl)c([N+](=O)[O-])c1. The number of nitro benzene ring substituents is 1. The summed E-state index contributed by atoms with van der Waals surface area (Å²) in [5, 5.41) is 16.9. The molecular formula is C18H12ClN3O3. The number of carbonyl (C=O) groups is 1. The van der Waals surface area contributed by atoms with E-state index in [9.17, 15) is 14.9 Å². The number of hydrogen-bond donors (Lipinski definition) is 1. The van der Waals surface area contributed by atoms with Crippen LogP contribution in [0.3, 0.4) is 0 Å². The molecule has 0 radical (unpaired) electrons. The van der Waals surface area contributed by atoms with Crippen molar-refractivity contribution in [3.05, 3.63) is 86.9 Å². The van der Waals surface area contributed by atoms with Crippen LogP contribution in [-0.2, 0) is 0 Å². The third-order valence-corrected chi connectivity index (χ3v) is 3.92. The van der Waals surface area contributed by atoms with Crippen molar-refractivity contribution in [1.29, 1.82) is 0 Å². The highest BCUT2D eigenvalue weighted by atomic mass is 35.5. The van der Waals surface area contributed by atoms with Crippen LogP contribution < -0.4 is 5.43 Å². The third kappa shape index (κ3) is 3.64. The molecule has 124 valence electrons. The molecule has 1 amide bonds. The summed E-state index contributed by atoms with van der Waals surface area (Å²) in [6.07, 6.45) is 1.53. The van der Waals surface area contributed by atoms with Crippen molar-refractivity contribution in [2.24, 2.45) is 5.10 Å². The predicted octanol–water partition coefficient (Wildman–Crippen LogP) is 4.17. The average Bonchev–Trinajstić information content (AvgIpc) is 2.62. The van der Waals surface area contributed by atoms with Gasteiger partial charge in [0, 0.05) is 17.2 Å². The van der Waals surface area contributed by atoms with Crippen LogP contribution in [0, 0.1) is 10.1 Å². The number of nitro groups is 1. The van der Waals surface area contributed by atoms with Crippen LogP contribution in [0.15, 0.2) is 65.8 Å². The van der Waals surface area contributed by atoms with Gasteiger partial charge in [-0.15, -0.1) is 0 Å². The van der Waals surface area contributed by atoms with E-state index in [1.165, 1.54) is 18.3 Å². The van der Waals surface area contributed by atoms with E-state index in [1.807, 2.05) is 42.5 Å². The molecule has 0 aliphatic heterocycles. The molecule has 0 bridgehead atoms. The molecule has 0 unspecified atom stereocenters. The van der Waals surface area contributed by atoms with Crippen LogP contribution in [0.5, 0.6) is 0 Å². The Hall–Kier alpha value is -3.25. The van der Waals surface area contributed by atoms with E-state index in [4.69, 9.17) is 11.6 Å². The van der Waals surface area contributed by atoms with Gasteiger partial charge in [-0.05, 0) is 22.9 Å². The van der Waals surface area contributed by atoms with E-state index in [0.29, 0.717) is 0 Å². The number of nitrogens with zero attached hydrogens (tertiary/aromatic N) is 2. The first-order valence-corrected chi connectivity index (χ1v) is 7.69. The first-order valence-electron chi connectivity index (χ1n) is 7.31. The molecule has 0 aliphatic rings. The van der Waals surface area contributed by atoms with Crippen LogP contribution in [0.1, 0.15) is 15.9 Å². The predicted molar refractivity (Wildman–Crippen MR) is 97.1 cm³/mol. The first kappa shape index (κ1) is 16.6. The van der Waals surface area contributed by atoms with Gasteiger partial charge < -0.3 is 0 Å². The quantitative estimate of drug-likeness (QED) is 0.434. The Morgan fingerprint density at radius 3 is 2.68 bits per heavy atom. The lowest BCUT2D eigenvalue weighted by molar-refractivity contribution is -0.384. The molecule has 0 saturated carbocycles. The number of benzene rings is 3. The van der Waals surface area contributed by atoms with Gasteiger partial charge in [0.25, 0.3) is 11.6 Å². The lowest BCUT2D eigenvalue weighted by Gasteiger charge is -2.03. The normalized spacial score (nSPS) is 10.9. The monoisotopic (exact) mass is 353 g/mol. The Labute approximate surface area is 147 Å². The summed E-state index contributed by atoms with van der Waals surface area (Å²) in [6.45, 7) is 0. The Balaban J connectivity index is 1.79. The largest absolute Gasteiger partial charge is 0.288 e. The minimum Gasteiger partial charge on any atom is -0.267 e. The molecular weight excluding hydrogens is 342 g/mol. The Morgan fingerprint density at radius 1 is 1.12 bits per heavy atom. The van der Waals surface area contributed by atoms with E-state index in [0.717, 1.165) is 22.4 Å². The van der Waals surface area contributed by atoms with E-state index in [1.54, 1.807) is 0 Å². The maximum Gasteiger partial charge on any atom is 0.288 e. The van der Waals surface area contributed by atoms with Crippen molar-refractivity contribution in [3.63, 3.8) is 0 Å². The van der Waals surface area contributed by atoms with Crippen molar-refractivity contribution in [2.75, 3.05) is 0 Å². The second-order valence-corrected chi connectivity index (χ2v) is 5.60. The lowest BCUT2D eigenvalue weighted by atomic mass is 10.1. The average molecular weight is 354 g/mol. The van der Waals surface area contributed by atoms with Crippen molar-refractivity contribution in [2.45, 2.75) is 0 Å². The zero-order valence-corrected chi connectivity index (χ0v) is 13.6. The summed E-state index contributed by atoms with van der Waals surface area (Å²) in [5.41, 5.74) is 2.99. The number of rotatable bonds is 4. The highest BCUT2D eigenvalue weighted by Crippen LogP contribution is 2.25. The summed E-state index contributed by atoms with van der Waals surface area (Å²) in [7, 11) is 0. The molecule has 0 aliphatic carbocycles. The fourth-order valence-electron chi connectivity index (χ4n) is 2.38. The zero-order valence-electron chi connectivity index (χ0n) is 12.8. The van der Waals surface area contributed by atoms with Crippen molar-refractivity contribution in [3.8, 4) is 0 Å². The Bertz CT molecular complexity index is 997. The third-order valence-electron chi connectivity index (χ3n) is 3.60. The van der Waals surface area contributed by atoms with E-state index < -0.39 is 10.8 Å². The molecule has 7 heteroatoms. The highest BCUT2D eigenvalue weighted by Gasteiger charge is 2.15. The summed E-state index contributed by atoms with van der Waals surface area (Å²) in [5.74, 6) is -0.559. The van der Waals surface area contributed by atoms with Gasteiger partial charge in [-0.1, -0.05) is 54.1 Å². The summed E-state index contributed by atoms with van der Waals surface area (Å²) in [6, 6.07) is 17.4. The number of hydrogen-bond acceptors (Lipinski definition) is 4. The zero-order chi connectivity index (χ0) is 17.8. The van der Waals surface area contributed by atoms with Gasteiger partial charge in [0.2, 0.25) is 0 Å². The van der Waals surface area contributed by atoms with Gasteiger partial charge in [0.05, 0.1) is 11.1 Å². The van der Waals surface area contributed by atoms with Crippen LogP contribution in [0.4, 0.5) is 5.69 Å². The number of amides is 1. The van der Waals surface area contributed by atoms with Crippen LogP contribution in [-0.4, -0.2) is 17.0 Å². The molecule has 25 heavy (non-hydrogen) atoms. The highest BCUT2D eigenvalue weighted by molar-refractivity contribution is 6.32. The molecule has 3 aromatic carbocycles. The standard InChI is InChI=1S/C18H12ClN3O3/c19-16-9-8-13(10-17(16)22(24)25)18(23)21-20-11-14-6-3-5-12-4-1-2-7-15(12)14/h1-11H,(H,21,23)/b20-11+. The maximum absolute atomic E-state index is 12.1. The smallest absolute Gasteiger partial charge is 0.267 e. The molecule has 1 N–H and O–H groups in total. The van der Waals surface area contributed by atoms with Gasteiger partial charge in [0.1, 0.15) is 5.02 Å². The van der Waals surface area contributed by atoms with Gasteiger partial charge in [-0.2, -0.15) is 5.10 Å². The molecule has 0 fully saturated rings. The molecule has 6 nitrogen and oxygen atoms in total. The molecule has 0 saturated heterocycles. The molecule has 3 aromatic rings. The number of hydrazone groups is 1. The molecule has 0 spiro atoms. The lowest BCUT2D eigenvalue weighted by Crippen LogP contribution is -2.17. The second-order valence-electron chi connectivity index (χ2n) is 5.19. The van der Waals surface area contributed by atoms with Crippen molar-refractivity contribution < 1.29 is 9.72 Å². The minimum absolute atomic E-state index is 0.0270. The summed E-state index contributed by atoms with van der Waals surface area (Å²) in [4.78, 5) is 22.3. The topological polar surface area (TPSA) is 84.6 Å². The number of fused-ring (bicyclic) bond motifs is 1. The number of carbonyl (C=O) groups excluding carboxylic acids is 1. The summed E-state index contributed by atoms with van der Waals surface area (Å²) < 4.78 is 0. The molecule has 0 atom stereocenters. The number of halogens is 1. The van der Waals surface area contributed by atoms with Crippen molar-refractivity contribution >= 4 is 40.2 Å². The Morgan fingerprint density at radius 2 is 1.88 bits per heavy atom. The second kappa shape index (κ2) is 7.11. The van der Waals surface area contributed by atoms with Crippen molar-refractivity contribution in [1.82, 2.24) is 5.43 Å². The maximum atomic E-state index is 12.1. The van der Waals surface area contributed by atoms with Gasteiger partial charge >= 0.3 is 0 Å². The van der Waals surface area contributed by atoms with E-state index >= 15 is 0 Å². The first-order chi connectivity index (χ1) is 12.1. The van der Waals surface area contributed by atoms with Gasteiger partial charge in [-0.3, -0.25) is 14.9 Å². The molecule has 0 heterocycles. The minimum atomic E-state index is -0.640. The molecule has 3 rings (SSSR count). The van der Waals surface area contributed by atoms with Crippen LogP contribution in [0.2, 0.25) is 5.02 Å². The molecule has 0 aromatic heterocycles. The van der Waals surface area contributed by atoms with Crippen LogP contribution >= 0.6 is 11.6 Å². The fraction of sp³-hybridized carbons (Fsp3) is 0.